The lowest BCUT2D eigenvalue weighted by Crippen LogP contribution is -2.67. The summed E-state index contributed by atoms with van der Waals surface area (Å²) in [7, 11) is 1.74. The molecule has 2 unspecified atom stereocenters. The number of rotatable bonds is 5. The average Bonchev–Trinajstić information content (AvgIpc) is 3.87. The van der Waals surface area contributed by atoms with E-state index in [0.717, 1.165) is 33.6 Å². The van der Waals surface area contributed by atoms with Crippen molar-refractivity contribution in [1.29, 1.82) is 0 Å². The van der Waals surface area contributed by atoms with Gasteiger partial charge in [0, 0.05) is 31.3 Å². The second-order valence-corrected chi connectivity index (χ2v) is 15.0. The molecule has 4 fully saturated rings. The quantitative estimate of drug-likeness (QED) is 0.299. The fourth-order valence-corrected chi connectivity index (χ4v) is 10.7. The largest absolute Gasteiger partial charge is 0.364 e. The number of anilines is 2. The highest BCUT2D eigenvalue weighted by Crippen LogP contribution is 2.69. The van der Waals surface area contributed by atoms with Crippen LogP contribution in [0.2, 0.25) is 0 Å². The van der Waals surface area contributed by atoms with Gasteiger partial charge in [-0.1, -0.05) is 97.1 Å². The van der Waals surface area contributed by atoms with E-state index in [1.165, 1.54) is 0 Å². The van der Waals surface area contributed by atoms with Crippen LogP contribution in [-0.4, -0.2) is 81.9 Å². The van der Waals surface area contributed by atoms with Crippen LogP contribution in [0.25, 0.3) is 0 Å². The van der Waals surface area contributed by atoms with Gasteiger partial charge >= 0.3 is 0 Å². The molecule has 4 amide bonds. The van der Waals surface area contributed by atoms with Crippen molar-refractivity contribution in [3.05, 3.63) is 131 Å². The van der Waals surface area contributed by atoms with E-state index < -0.39 is 47.3 Å². The molecule has 0 saturated carbocycles. The Balaban J connectivity index is 1.14. The molecule has 10 nitrogen and oxygen atoms in total. The molecule has 0 aliphatic carbocycles. The van der Waals surface area contributed by atoms with Crippen molar-refractivity contribution >= 4 is 35.0 Å². The van der Waals surface area contributed by atoms with Crippen molar-refractivity contribution in [2.75, 3.05) is 17.7 Å². The highest BCUT2D eigenvalue weighted by molar-refractivity contribution is 6.01. The maximum absolute atomic E-state index is 14.9. The van der Waals surface area contributed by atoms with Crippen molar-refractivity contribution in [3.8, 4) is 0 Å². The van der Waals surface area contributed by atoms with Crippen LogP contribution in [0.5, 0.6) is 0 Å². The molecule has 10 heteroatoms. The van der Waals surface area contributed by atoms with Crippen LogP contribution in [-0.2, 0) is 42.8 Å². The Hall–Kier alpha value is -5.64. The number of benzene rings is 4. The molecule has 3 N–H and O–H groups in total. The number of carbonyl (C=O) groups is 4. The minimum Gasteiger partial charge on any atom is -0.364 e. The van der Waals surface area contributed by atoms with Crippen LogP contribution in [0.1, 0.15) is 35.1 Å². The maximum Gasteiger partial charge on any atom is 0.248 e. The van der Waals surface area contributed by atoms with E-state index in [2.05, 4.69) is 28.1 Å². The lowest BCUT2D eigenvalue weighted by molar-refractivity contribution is -0.159. The number of nitrogens with zero attached hydrogens (tertiary/aromatic N) is 3. The van der Waals surface area contributed by atoms with E-state index in [-0.39, 0.29) is 23.6 Å². The van der Waals surface area contributed by atoms with Gasteiger partial charge in [0.05, 0.1) is 10.8 Å². The van der Waals surface area contributed by atoms with Gasteiger partial charge in [0.15, 0.2) is 0 Å². The Morgan fingerprint density at radius 2 is 1.06 bits per heavy atom. The number of para-hydroxylation sites is 2. The van der Waals surface area contributed by atoms with Gasteiger partial charge in [-0.05, 0) is 47.2 Å². The number of piperazine rings is 2. The van der Waals surface area contributed by atoms with Crippen LogP contribution < -0.4 is 16.0 Å². The summed E-state index contributed by atoms with van der Waals surface area (Å²) in [6.45, 7) is 0. The minimum absolute atomic E-state index is 0.0942. The first-order valence-corrected chi connectivity index (χ1v) is 17.8. The normalized spacial score (nSPS) is 32.7. The zero-order valence-corrected chi connectivity index (χ0v) is 28.2. The monoisotopic (exact) mass is 678 g/mol. The van der Waals surface area contributed by atoms with Crippen LogP contribution in [0, 0.1) is 0 Å². The smallest absolute Gasteiger partial charge is 0.248 e. The predicted molar refractivity (Wildman–Crippen MR) is 190 cm³/mol. The first kappa shape index (κ1) is 30.2. The van der Waals surface area contributed by atoms with Crippen molar-refractivity contribution < 1.29 is 19.2 Å². The fraction of sp³-hybridized carbons (Fsp3) is 0.317. The fourth-order valence-electron chi connectivity index (χ4n) is 10.7. The Morgan fingerprint density at radius 1 is 0.569 bits per heavy atom. The molecule has 6 heterocycles. The van der Waals surface area contributed by atoms with Gasteiger partial charge in [0.1, 0.15) is 36.5 Å². The molecule has 0 aromatic heterocycles. The molecule has 0 bridgehead atoms. The predicted octanol–water partition coefficient (Wildman–Crippen LogP) is 3.39. The topological polar surface area (TPSA) is 114 Å². The third-order valence-electron chi connectivity index (χ3n) is 12.8. The van der Waals surface area contributed by atoms with Gasteiger partial charge in [-0.15, -0.1) is 0 Å². The molecule has 10 rings (SSSR count). The SMILES string of the molecule is CN1C(=O)[C@@H]2CC3(C45C[C@H]6C(=O)N[C@@H](Cc7ccccc7)C(=O)N6[C@H]4Nc4ccccc45)c4ccccc4N[C@@H]3N2C(=O)[C@@H]1Cc1ccccc1. The second-order valence-electron chi connectivity index (χ2n) is 15.0. The molecule has 6 aliphatic heterocycles. The molecule has 51 heavy (non-hydrogen) atoms. The molecular weight excluding hydrogens is 640 g/mol. The second kappa shape index (κ2) is 10.7. The molecule has 4 aromatic carbocycles. The van der Waals surface area contributed by atoms with Crippen LogP contribution in [0.3, 0.4) is 0 Å². The number of fused-ring (bicyclic) bond motifs is 11. The minimum atomic E-state index is -0.863. The van der Waals surface area contributed by atoms with Gasteiger partial charge in [-0.3, -0.25) is 19.2 Å². The first-order chi connectivity index (χ1) is 24.8. The third-order valence-corrected chi connectivity index (χ3v) is 12.8. The Kier molecular flexibility index (Phi) is 6.33. The Bertz CT molecular complexity index is 2130. The van der Waals surface area contributed by atoms with Crippen LogP contribution in [0.15, 0.2) is 109 Å². The van der Waals surface area contributed by atoms with Gasteiger partial charge < -0.3 is 30.7 Å². The molecule has 0 spiro atoms. The van der Waals surface area contributed by atoms with Crippen molar-refractivity contribution in [2.45, 2.75) is 73.0 Å². The number of hydrogen-bond donors (Lipinski definition) is 3. The molecule has 4 aromatic rings. The molecule has 4 saturated heterocycles. The third kappa shape index (κ3) is 3.87. The summed E-state index contributed by atoms with van der Waals surface area (Å²) in [6.07, 6.45) is 0.313. The number of nitrogens with one attached hydrogen (secondary N) is 3. The highest BCUT2D eigenvalue weighted by Gasteiger charge is 2.78. The number of likely N-dealkylation sites (N-methyl/N-ethyl adjacent to an activating group) is 1. The Labute approximate surface area is 295 Å². The first-order valence-electron chi connectivity index (χ1n) is 17.8. The number of amides is 4. The lowest BCUT2D eigenvalue weighted by atomic mass is 9.54. The molecule has 8 atom stereocenters. The van der Waals surface area contributed by atoms with E-state index in [0.29, 0.717) is 25.7 Å². The van der Waals surface area contributed by atoms with E-state index in [9.17, 15) is 19.2 Å². The van der Waals surface area contributed by atoms with Gasteiger partial charge in [-0.25, -0.2) is 0 Å². The standard InChI is InChI=1S/C41H38N6O4/c1-45-31(21-25-14-6-3-7-15-25)37(51)47-33(36(45)50)23-41(27-17-9-11-19-29(27)44-39(41)47)40-22-32-34(48)42-30(20-24-12-4-2-5-13-24)35(49)46(32)38(40)43-28-18-10-8-16-26(28)40/h2-19,30-33,38-39,43-44H,20-23H2,1H3,(H,42,48)/t30-,31-,32-,33-,38+,39+,40?,41?/m0/s1. The van der Waals surface area contributed by atoms with E-state index in [1.54, 1.807) is 16.8 Å². The Morgan fingerprint density at radius 3 is 1.65 bits per heavy atom. The van der Waals surface area contributed by atoms with E-state index in [4.69, 9.17) is 0 Å². The summed E-state index contributed by atoms with van der Waals surface area (Å²) in [4.78, 5) is 63.5. The van der Waals surface area contributed by atoms with Gasteiger partial charge in [0.25, 0.3) is 0 Å². The summed E-state index contributed by atoms with van der Waals surface area (Å²) in [5.41, 5.74) is 4.04. The molecular formula is C41H38N6O4. The highest BCUT2D eigenvalue weighted by atomic mass is 16.2. The van der Waals surface area contributed by atoms with Crippen molar-refractivity contribution in [3.63, 3.8) is 0 Å². The lowest BCUT2D eigenvalue weighted by Gasteiger charge is -2.48. The van der Waals surface area contributed by atoms with E-state index in [1.807, 2.05) is 102 Å². The summed E-state index contributed by atoms with van der Waals surface area (Å²) in [6, 6.07) is 33.0. The van der Waals surface area contributed by atoms with E-state index >= 15 is 0 Å². The zero-order chi connectivity index (χ0) is 34.6. The van der Waals surface area contributed by atoms with Crippen LogP contribution in [0.4, 0.5) is 11.4 Å². The van der Waals surface area contributed by atoms with Gasteiger partial charge in [0.2, 0.25) is 23.6 Å². The van der Waals surface area contributed by atoms with Gasteiger partial charge in [-0.2, -0.15) is 0 Å². The van der Waals surface area contributed by atoms with Crippen LogP contribution >= 0.6 is 0 Å². The summed E-state index contributed by atoms with van der Waals surface area (Å²) >= 11 is 0. The summed E-state index contributed by atoms with van der Waals surface area (Å²) < 4.78 is 0. The molecule has 256 valence electrons. The van der Waals surface area contributed by atoms with Crippen molar-refractivity contribution in [2.24, 2.45) is 0 Å². The average molecular weight is 679 g/mol. The maximum atomic E-state index is 14.9. The van der Waals surface area contributed by atoms with Crippen molar-refractivity contribution in [1.82, 2.24) is 20.0 Å². The number of carbonyl (C=O) groups excluding carboxylic acids is 4. The molecule has 0 radical (unpaired) electrons. The summed E-state index contributed by atoms with van der Waals surface area (Å²) in [5, 5.41) is 10.6. The molecule has 6 aliphatic rings. The number of hydrogen-bond acceptors (Lipinski definition) is 6. The zero-order valence-electron chi connectivity index (χ0n) is 28.2. The summed E-state index contributed by atoms with van der Waals surface area (Å²) in [5.74, 6) is -0.504.